The van der Waals surface area contributed by atoms with Crippen LogP contribution in [0, 0.1) is 0 Å². The van der Waals surface area contributed by atoms with E-state index in [0.29, 0.717) is 33.4 Å². The summed E-state index contributed by atoms with van der Waals surface area (Å²) in [4.78, 5) is 16.5. The van der Waals surface area contributed by atoms with Crippen LogP contribution >= 0.6 is 23.5 Å². The molecule has 0 aliphatic carbocycles. The van der Waals surface area contributed by atoms with Crippen LogP contribution in [-0.4, -0.2) is 15.2 Å². The molecule has 3 heterocycles. The molecule has 162 valence electrons. The van der Waals surface area contributed by atoms with E-state index >= 15 is 0 Å². The van der Waals surface area contributed by atoms with Crippen LogP contribution in [0.2, 0.25) is 0 Å². The molecule has 7 nitrogen and oxygen atoms in total. The molecule has 0 aliphatic rings. The van der Waals surface area contributed by atoms with Gasteiger partial charge in [0.25, 0.3) is 10.4 Å². The fourth-order valence-corrected chi connectivity index (χ4v) is 5.10. The summed E-state index contributed by atoms with van der Waals surface area (Å²) < 4.78 is 16.9. The second-order valence-electron chi connectivity index (χ2n) is 7.24. The minimum absolute atomic E-state index is 0.380. The normalized spacial score (nSPS) is 11.6. The quantitative estimate of drug-likeness (QED) is 0.163. The summed E-state index contributed by atoms with van der Waals surface area (Å²) in [5, 5.41) is 12.3. The van der Waals surface area contributed by atoms with Gasteiger partial charge in [-0.25, -0.2) is 9.78 Å². The third kappa shape index (κ3) is 4.01. The highest BCUT2D eigenvalue weighted by Crippen LogP contribution is 2.32. The number of rotatable bonds is 6. The van der Waals surface area contributed by atoms with E-state index in [1.54, 1.807) is 0 Å². The number of benzene rings is 3. The molecule has 0 N–H and O–H groups in total. The van der Waals surface area contributed by atoms with Crippen molar-refractivity contribution in [1.29, 1.82) is 0 Å². The van der Waals surface area contributed by atoms with E-state index in [2.05, 4.69) is 15.2 Å². The summed E-state index contributed by atoms with van der Waals surface area (Å²) in [6.45, 7) is 0. The molecule has 0 aliphatic heterocycles. The Kier molecular flexibility index (Phi) is 5.12. The molecular weight excluding hydrogens is 458 g/mol. The van der Waals surface area contributed by atoms with Gasteiger partial charge in [0.15, 0.2) is 5.58 Å². The minimum atomic E-state index is -0.380. The lowest BCUT2D eigenvalue weighted by molar-refractivity contribution is 0.425. The minimum Gasteiger partial charge on any atom is -0.431 e. The lowest BCUT2D eigenvalue weighted by Crippen LogP contribution is -2.00. The fraction of sp³-hybridized carbons (Fsp3) is 0.0833. The molecule has 0 saturated heterocycles. The number of thioether (sulfide) groups is 2. The summed E-state index contributed by atoms with van der Waals surface area (Å²) >= 11 is 2.78. The van der Waals surface area contributed by atoms with Gasteiger partial charge in [-0.2, -0.15) is 0 Å². The zero-order valence-electron chi connectivity index (χ0n) is 17.1. The lowest BCUT2D eigenvalue weighted by Gasteiger charge is -2.07. The van der Waals surface area contributed by atoms with E-state index in [1.807, 2.05) is 60.7 Å². The zero-order chi connectivity index (χ0) is 22.2. The molecule has 6 aromatic rings. The van der Waals surface area contributed by atoms with Crippen LogP contribution in [-0.2, 0) is 11.5 Å². The summed E-state index contributed by atoms with van der Waals surface area (Å²) in [6.07, 6.45) is 0. The number of nitrogens with zero attached hydrogens (tertiary/aromatic N) is 3. The average Bonchev–Trinajstić information content (AvgIpc) is 3.47. The van der Waals surface area contributed by atoms with Crippen LogP contribution < -0.4 is 5.63 Å². The standard InChI is InChI=1S/C24H15N3O4S2/c28-21-11-15(22-16-6-2-1-5-14(16)9-10-19(22)29-21)12-32-24-27-26-20(31-24)13-33-23-25-17-7-3-4-8-18(17)30-23/h1-11H,12-13H2. The summed E-state index contributed by atoms with van der Waals surface area (Å²) in [7, 11) is 0. The van der Waals surface area contributed by atoms with Gasteiger partial charge in [0.05, 0.1) is 5.75 Å². The first kappa shape index (κ1) is 20.1. The smallest absolute Gasteiger partial charge is 0.336 e. The van der Waals surface area contributed by atoms with Gasteiger partial charge in [-0.05, 0) is 34.5 Å². The molecule has 0 fully saturated rings. The molecule has 33 heavy (non-hydrogen) atoms. The predicted molar refractivity (Wildman–Crippen MR) is 127 cm³/mol. The van der Waals surface area contributed by atoms with Crippen LogP contribution in [0.3, 0.4) is 0 Å². The van der Waals surface area contributed by atoms with Crippen molar-refractivity contribution in [2.45, 2.75) is 22.0 Å². The molecule has 0 atom stereocenters. The maximum Gasteiger partial charge on any atom is 0.336 e. The molecule has 0 saturated carbocycles. The first-order valence-corrected chi connectivity index (χ1v) is 12.1. The summed E-state index contributed by atoms with van der Waals surface area (Å²) in [5.41, 5.74) is 2.61. The Labute approximate surface area is 195 Å². The van der Waals surface area contributed by atoms with Crippen molar-refractivity contribution in [2.24, 2.45) is 0 Å². The molecule has 3 aromatic carbocycles. The number of aromatic nitrogens is 3. The topological polar surface area (TPSA) is 95.2 Å². The monoisotopic (exact) mass is 473 g/mol. The Bertz CT molecular complexity index is 1640. The highest BCUT2D eigenvalue weighted by molar-refractivity contribution is 7.98. The van der Waals surface area contributed by atoms with Crippen molar-refractivity contribution in [3.8, 4) is 0 Å². The summed E-state index contributed by atoms with van der Waals surface area (Å²) in [6, 6.07) is 21.0. The molecule has 0 unspecified atom stereocenters. The van der Waals surface area contributed by atoms with Crippen molar-refractivity contribution in [3.63, 3.8) is 0 Å². The molecule has 6 rings (SSSR count). The van der Waals surface area contributed by atoms with Gasteiger partial charge >= 0.3 is 5.63 Å². The van der Waals surface area contributed by atoms with Crippen LogP contribution in [0.4, 0.5) is 0 Å². The molecule has 0 spiro atoms. The third-order valence-electron chi connectivity index (χ3n) is 5.11. The van der Waals surface area contributed by atoms with Gasteiger partial charge in [0.1, 0.15) is 11.1 Å². The maximum atomic E-state index is 12.1. The second kappa shape index (κ2) is 8.42. The van der Waals surface area contributed by atoms with Crippen molar-refractivity contribution < 1.29 is 13.3 Å². The van der Waals surface area contributed by atoms with Crippen molar-refractivity contribution in [3.05, 3.63) is 88.6 Å². The molecule has 0 radical (unpaired) electrons. The Hall–Kier alpha value is -3.56. The Morgan fingerprint density at radius 3 is 2.55 bits per heavy atom. The Morgan fingerprint density at radius 1 is 0.758 bits per heavy atom. The summed E-state index contributed by atoms with van der Waals surface area (Å²) in [5.74, 6) is 1.42. The Morgan fingerprint density at radius 2 is 1.61 bits per heavy atom. The third-order valence-corrected chi connectivity index (χ3v) is 6.79. The van der Waals surface area contributed by atoms with Gasteiger partial charge in [0.2, 0.25) is 5.89 Å². The van der Waals surface area contributed by atoms with E-state index in [0.717, 1.165) is 32.8 Å². The number of fused-ring (bicyclic) bond motifs is 4. The van der Waals surface area contributed by atoms with Gasteiger partial charge in [-0.1, -0.05) is 66.0 Å². The highest BCUT2D eigenvalue weighted by atomic mass is 32.2. The molecule has 3 aromatic heterocycles. The Balaban J connectivity index is 1.20. The molecule has 9 heteroatoms. The average molecular weight is 474 g/mol. The van der Waals surface area contributed by atoms with Gasteiger partial charge < -0.3 is 13.3 Å². The van der Waals surface area contributed by atoms with E-state index in [4.69, 9.17) is 13.3 Å². The largest absolute Gasteiger partial charge is 0.431 e. The van der Waals surface area contributed by atoms with E-state index in [9.17, 15) is 4.79 Å². The first-order chi connectivity index (χ1) is 16.2. The predicted octanol–water partition coefficient (Wildman–Crippen LogP) is 6.06. The molecular formula is C24H15N3O4S2. The van der Waals surface area contributed by atoms with Gasteiger partial charge in [-0.15, -0.1) is 10.2 Å². The highest BCUT2D eigenvalue weighted by Gasteiger charge is 2.14. The van der Waals surface area contributed by atoms with Crippen LogP contribution in [0.1, 0.15) is 11.5 Å². The maximum absolute atomic E-state index is 12.1. The second-order valence-corrected chi connectivity index (χ2v) is 9.09. The zero-order valence-corrected chi connectivity index (χ0v) is 18.7. The first-order valence-electron chi connectivity index (χ1n) is 10.1. The van der Waals surface area contributed by atoms with E-state index in [1.165, 1.54) is 29.6 Å². The fourth-order valence-electron chi connectivity index (χ4n) is 3.66. The molecule has 0 amide bonds. The van der Waals surface area contributed by atoms with Gasteiger partial charge in [-0.3, -0.25) is 0 Å². The SMILES string of the molecule is O=c1cc(CSc2nnc(CSc3nc4ccccc4o3)o2)c2c(ccc3ccccc32)o1. The number of hydrogen-bond acceptors (Lipinski definition) is 9. The van der Waals surface area contributed by atoms with Crippen molar-refractivity contribution >= 4 is 56.4 Å². The van der Waals surface area contributed by atoms with E-state index in [-0.39, 0.29) is 5.63 Å². The van der Waals surface area contributed by atoms with Gasteiger partial charge in [0, 0.05) is 17.2 Å². The van der Waals surface area contributed by atoms with Crippen LogP contribution in [0.15, 0.2) is 95.2 Å². The van der Waals surface area contributed by atoms with Crippen molar-refractivity contribution in [2.75, 3.05) is 0 Å². The van der Waals surface area contributed by atoms with Crippen molar-refractivity contribution in [1.82, 2.24) is 15.2 Å². The lowest BCUT2D eigenvalue weighted by atomic mass is 10.0. The van der Waals surface area contributed by atoms with E-state index < -0.39 is 0 Å². The number of para-hydroxylation sites is 2. The number of oxazole rings is 1. The molecule has 0 bridgehead atoms. The van der Waals surface area contributed by atoms with Crippen LogP contribution in [0.5, 0.6) is 0 Å². The van der Waals surface area contributed by atoms with Crippen LogP contribution in [0.25, 0.3) is 32.8 Å². The number of hydrogen-bond donors (Lipinski definition) is 0.